The van der Waals surface area contributed by atoms with Gasteiger partial charge in [0.25, 0.3) is 5.91 Å². The minimum atomic E-state index is -2.68. The quantitative estimate of drug-likeness (QED) is 0.570. The lowest BCUT2D eigenvalue weighted by Crippen LogP contribution is -2.49. The number of alkyl halides is 2. The zero-order chi connectivity index (χ0) is 25.2. The van der Waals surface area contributed by atoms with Crippen LogP contribution in [0.5, 0.6) is 0 Å². The molecule has 3 fully saturated rings. The van der Waals surface area contributed by atoms with E-state index in [1.807, 2.05) is 6.07 Å². The summed E-state index contributed by atoms with van der Waals surface area (Å²) in [7, 11) is 0. The molecule has 0 aromatic heterocycles. The minimum Gasteiger partial charge on any atom is -0.329 e. The topological polar surface area (TPSA) is 70.7 Å². The van der Waals surface area contributed by atoms with Crippen LogP contribution < -0.4 is 10.6 Å². The van der Waals surface area contributed by atoms with Gasteiger partial charge < -0.3 is 20.3 Å². The zero-order valence-electron chi connectivity index (χ0n) is 20.8. The number of hydrogen-bond donors (Lipinski definition) is 2. The number of carbonyl (C=O) groups is 2. The Bertz CT molecular complexity index is 992. The average Bonchev–Trinajstić information content (AvgIpc) is 3.16. The van der Waals surface area contributed by atoms with Crippen molar-refractivity contribution in [1.82, 2.24) is 15.5 Å². The van der Waals surface area contributed by atoms with Gasteiger partial charge in [0, 0.05) is 29.9 Å². The number of ether oxygens (including phenoxy) is 1. The molecule has 2 aliphatic heterocycles. The van der Waals surface area contributed by atoms with E-state index in [1.54, 1.807) is 4.90 Å². The molecule has 36 heavy (non-hydrogen) atoms. The molecule has 1 aromatic carbocycles. The number of fused-ring (bicyclic) bond motifs is 1. The van der Waals surface area contributed by atoms with Crippen LogP contribution in [0.1, 0.15) is 85.7 Å². The summed E-state index contributed by atoms with van der Waals surface area (Å²) in [6, 6.07) is 6.50. The monoisotopic (exact) mass is 501 g/mol. The number of hydrogen-bond acceptors (Lipinski definition) is 4. The smallest absolute Gasteiger partial charge is 0.329 e. The summed E-state index contributed by atoms with van der Waals surface area (Å²) in [5.41, 5.74) is 3.66. The third-order valence-electron chi connectivity index (χ3n) is 8.53. The van der Waals surface area contributed by atoms with E-state index in [-0.39, 0.29) is 17.9 Å². The summed E-state index contributed by atoms with van der Waals surface area (Å²) < 4.78 is 29.8. The lowest BCUT2D eigenvalue weighted by molar-refractivity contribution is -0.170. The minimum absolute atomic E-state index is 0.0622. The van der Waals surface area contributed by atoms with E-state index in [0.29, 0.717) is 61.5 Å². The molecule has 2 N–H and O–H groups in total. The predicted molar refractivity (Wildman–Crippen MR) is 132 cm³/mol. The normalized spacial score (nSPS) is 31.0. The van der Waals surface area contributed by atoms with E-state index in [1.165, 1.54) is 18.4 Å². The summed E-state index contributed by atoms with van der Waals surface area (Å²) in [4.78, 5) is 27.2. The van der Waals surface area contributed by atoms with Gasteiger partial charge in [0.15, 0.2) is 0 Å². The molecule has 2 heterocycles. The first kappa shape index (κ1) is 25.3. The summed E-state index contributed by atoms with van der Waals surface area (Å²) in [5, 5.41) is 6.66. The fourth-order valence-electron chi connectivity index (χ4n) is 6.62. The van der Waals surface area contributed by atoms with Gasteiger partial charge in [0.1, 0.15) is 6.04 Å². The largest absolute Gasteiger partial charge is 0.345 e. The van der Waals surface area contributed by atoms with Crippen molar-refractivity contribution in [3.05, 3.63) is 47.2 Å². The van der Waals surface area contributed by atoms with Crippen LogP contribution in [0.4, 0.5) is 8.78 Å². The molecule has 1 unspecified atom stereocenters. The van der Waals surface area contributed by atoms with E-state index >= 15 is 0 Å². The molecule has 4 aliphatic rings. The molecule has 196 valence electrons. The maximum absolute atomic E-state index is 13.0. The van der Waals surface area contributed by atoms with E-state index in [2.05, 4.69) is 29.3 Å². The summed E-state index contributed by atoms with van der Waals surface area (Å²) in [6.07, 6.45) is 9.78. The Morgan fingerprint density at radius 2 is 1.86 bits per heavy atom. The molecular formula is C28H37F2N3O3. The van der Waals surface area contributed by atoms with Gasteiger partial charge in [-0.1, -0.05) is 31.6 Å². The summed E-state index contributed by atoms with van der Waals surface area (Å²) in [6.45, 7) is 1.63. The average molecular weight is 502 g/mol. The van der Waals surface area contributed by atoms with Crippen LogP contribution >= 0.6 is 0 Å². The molecule has 5 rings (SSSR count). The molecule has 2 aliphatic carbocycles. The number of benzene rings is 1. The highest BCUT2D eigenvalue weighted by molar-refractivity contribution is 6.01. The van der Waals surface area contributed by atoms with E-state index in [0.717, 1.165) is 37.7 Å². The van der Waals surface area contributed by atoms with E-state index in [9.17, 15) is 18.4 Å². The number of rotatable bonds is 7. The SMILES string of the molecule is C=C1CCC(N2Cc3cc(C[C@H]4CCCC[C@@H]4N[C@H]4CC[C@@H](OC(F)F)CC4)ccc3C2=O)C(=O)N1. The van der Waals surface area contributed by atoms with Crippen molar-refractivity contribution in [2.24, 2.45) is 5.92 Å². The number of allylic oxidation sites excluding steroid dienone is 1. The van der Waals surface area contributed by atoms with Crippen molar-refractivity contribution in [2.75, 3.05) is 0 Å². The van der Waals surface area contributed by atoms with E-state index in [4.69, 9.17) is 4.74 Å². The van der Waals surface area contributed by atoms with Gasteiger partial charge in [-0.3, -0.25) is 9.59 Å². The van der Waals surface area contributed by atoms with Crippen LogP contribution in [-0.2, 0) is 22.5 Å². The molecule has 0 radical (unpaired) electrons. The molecule has 0 spiro atoms. The summed E-state index contributed by atoms with van der Waals surface area (Å²) in [5.74, 6) is 0.307. The first-order valence-corrected chi connectivity index (χ1v) is 13.5. The lowest BCUT2D eigenvalue weighted by Gasteiger charge is -2.38. The molecule has 2 saturated carbocycles. The highest BCUT2D eigenvalue weighted by Crippen LogP contribution is 2.33. The van der Waals surface area contributed by atoms with Crippen LogP contribution in [0.25, 0.3) is 0 Å². The Labute approximate surface area is 211 Å². The maximum atomic E-state index is 13.0. The Balaban J connectivity index is 1.20. The van der Waals surface area contributed by atoms with Crippen molar-refractivity contribution in [3.63, 3.8) is 0 Å². The van der Waals surface area contributed by atoms with Crippen molar-refractivity contribution in [1.29, 1.82) is 0 Å². The van der Waals surface area contributed by atoms with Crippen LogP contribution in [-0.4, -0.2) is 47.6 Å². The maximum Gasteiger partial charge on any atom is 0.345 e. The second-order valence-electron chi connectivity index (χ2n) is 11.0. The van der Waals surface area contributed by atoms with Crippen molar-refractivity contribution < 1.29 is 23.1 Å². The summed E-state index contributed by atoms with van der Waals surface area (Å²) >= 11 is 0. The van der Waals surface area contributed by atoms with Gasteiger partial charge >= 0.3 is 6.61 Å². The lowest BCUT2D eigenvalue weighted by atomic mass is 9.79. The number of nitrogens with zero attached hydrogens (tertiary/aromatic N) is 1. The van der Waals surface area contributed by atoms with Gasteiger partial charge in [0.05, 0.1) is 6.10 Å². The molecule has 1 aromatic rings. The molecule has 1 saturated heterocycles. The fourth-order valence-corrected chi connectivity index (χ4v) is 6.62. The van der Waals surface area contributed by atoms with Crippen LogP contribution in [0.15, 0.2) is 30.5 Å². The number of nitrogens with one attached hydrogen (secondary N) is 2. The molecule has 8 heteroatoms. The third-order valence-corrected chi connectivity index (χ3v) is 8.53. The standard InChI is InChI=1S/C28H37F2N3O3/c1-17-6-13-25(26(34)31-17)33-16-20-15-18(7-12-23(20)27(33)35)14-19-4-2-3-5-24(19)32-21-8-10-22(11-9-21)36-28(29)30/h7,12,15,19,21-22,24-25,28,32H,1-6,8-11,13-14,16H2,(H,31,34)/t19-,21-,22+,24+,25?/m1/s1. The van der Waals surface area contributed by atoms with Gasteiger partial charge in [-0.2, -0.15) is 8.78 Å². The Kier molecular flexibility index (Phi) is 7.72. The van der Waals surface area contributed by atoms with Crippen LogP contribution in [0, 0.1) is 5.92 Å². The van der Waals surface area contributed by atoms with Gasteiger partial charge in [-0.15, -0.1) is 0 Å². The predicted octanol–water partition coefficient (Wildman–Crippen LogP) is 4.68. The highest BCUT2D eigenvalue weighted by atomic mass is 19.3. The Morgan fingerprint density at radius 3 is 2.61 bits per heavy atom. The van der Waals surface area contributed by atoms with Gasteiger partial charge in [-0.25, -0.2) is 0 Å². The highest BCUT2D eigenvalue weighted by Gasteiger charge is 2.38. The molecule has 6 nitrogen and oxygen atoms in total. The second-order valence-corrected chi connectivity index (χ2v) is 11.0. The van der Waals surface area contributed by atoms with Crippen LogP contribution in [0.3, 0.4) is 0 Å². The third kappa shape index (κ3) is 5.65. The number of amides is 2. The zero-order valence-corrected chi connectivity index (χ0v) is 20.8. The van der Waals surface area contributed by atoms with Crippen molar-refractivity contribution in [2.45, 2.75) is 108 Å². The Morgan fingerprint density at radius 1 is 1.08 bits per heavy atom. The van der Waals surface area contributed by atoms with Crippen LogP contribution in [0.2, 0.25) is 0 Å². The number of halogens is 2. The van der Waals surface area contributed by atoms with Crippen molar-refractivity contribution in [3.8, 4) is 0 Å². The first-order valence-electron chi connectivity index (χ1n) is 13.5. The molecule has 0 bridgehead atoms. The van der Waals surface area contributed by atoms with Crippen molar-refractivity contribution >= 4 is 11.8 Å². The van der Waals surface area contributed by atoms with Gasteiger partial charge in [-0.05, 0) is 80.9 Å². The van der Waals surface area contributed by atoms with Gasteiger partial charge in [0.2, 0.25) is 5.91 Å². The Hall–Kier alpha value is -2.32. The number of piperidine rings is 1. The van der Waals surface area contributed by atoms with E-state index < -0.39 is 12.7 Å². The molecule has 3 atom stereocenters. The first-order chi connectivity index (χ1) is 17.4. The fraction of sp³-hybridized carbons (Fsp3) is 0.643. The second kappa shape index (κ2) is 11.0. The number of carbonyl (C=O) groups excluding carboxylic acids is 2. The molecule has 2 amide bonds. The molecular weight excluding hydrogens is 464 g/mol.